The molecule has 3 N–H and O–H groups in total. The van der Waals surface area contributed by atoms with E-state index < -0.39 is 0 Å². The van der Waals surface area contributed by atoms with Gasteiger partial charge in [-0.15, -0.1) is 0 Å². The second kappa shape index (κ2) is 7.35. The van der Waals surface area contributed by atoms with Gasteiger partial charge < -0.3 is 11.1 Å². The Kier molecular flexibility index (Phi) is 6.08. The Bertz CT molecular complexity index is 368. The van der Waals surface area contributed by atoms with Crippen LogP contribution in [0.4, 0.5) is 5.69 Å². The maximum atomic E-state index is 11.6. The number of thioether (sulfide) groups is 1. The molecule has 1 atom stereocenters. The molecule has 4 heteroatoms. The Morgan fingerprint density at radius 1 is 1.53 bits per heavy atom. The topological polar surface area (TPSA) is 55.1 Å². The summed E-state index contributed by atoms with van der Waals surface area (Å²) in [7, 11) is 0. The number of rotatable bonds is 6. The molecule has 0 spiro atoms. The summed E-state index contributed by atoms with van der Waals surface area (Å²) in [6.45, 7) is 4.06. The van der Waals surface area contributed by atoms with Crippen LogP contribution in [0.1, 0.15) is 18.9 Å². The molecule has 0 aliphatic heterocycles. The van der Waals surface area contributed by atoms with Gasteiger partial charge in [-0.2, -0.15) is 11.8 Å². The Morgan fingerprint density at radius 2 is 2.29 bits per heavy atom. The first-order valence-electron chi connectivity index (χ1n) is 5.81. The van der Waals surface area contributed by atoms with Crippen molar-refractivity contribution < 1.29 is 4.79 Å². The zero-order valence-electron chi connectivity index (χ0n) is 10.4. The lowest BCUT2D eigenvalue weighted by atomic mass is 10.2. The lowest BCUT2D eigenvalue weighted by Gasteiger charge is -2.08. The summed E-state index contributed by atoms with van der Waals surface area (Å²) < 4.78 is 0. The molecule has 0 fully saturated rings. The van der Waals surface area contributed by atoms with Crippen LogP contribution in [-0.2, 0) is 4.79 Å². The van der Waals surface area contributed by atoms with Crippen molar-refractivity contribution in [2.45, 2.75) is 26.3 Å². The van der Waals surface area contributed by atoms with Gasteiger partial charge in [0.2, 0.25) is 5.91 Å². The molecule has 1 aromatic rings. The molecular formula is C13H20N2OS. The molecule has 1 amide bonds. The van der Waals surface area contributed by atoms with Crippen LogP contribution in [0, 0.1) is 6.92 Å². The number of benzene rings is 1. The third-order valence-corrected chi connectivity index (χ3v) is 3.52. The van der Waals surface area contributed by atoms with Gasteiger partial charge in [-0.3, -0.25) is 4.79 Å². The van der Waals surface area contributed by atoms with Crippen molar-refractivity contribution in [3.8, 4) is 0 Å². The van der Waals surface area contributed by atoms with Gasteiger partial charge in [-0.05, 0) is 31.0 Å². The molecule has 1 rings (SSSR count). The highest BCUT2D eigenvalue weighted by atomic mass is 32.2. The van der Waals surface area contributed by atoms with E-state index in [1.165, 1.54) is 0 Å². The summed E-state index contributed by atoms with van der Waals surface area (Å²) in [5.74, 6) is 1.32. The molecule has 0 aliphatic carbocycles. The Balaban J connectivity index is 2.30. The summed E-state index contributed by atoms with van der Waals surface area (Å²) >= 11 is 1.58. The molecule has 94 valence electrons. The Morgan fingerprint density at radius 3 is 2.94 bits per heavy atom. The van der Waals surface area contributed by atoms with Crippen molar-refractivity contribution in [3.05, 3.63) is 29.8 Å². The maximum Gasteiger partial charge on any atom is 0.234 e. The smallest absolute Gasteiger partial charge is 0.234 e. The zero-order chi connectivity index (χ0) is 12.7. The van der Waals surface area contributed by atoms with Crippen LogP contribution < -0.4 is 11.1 Å². The minimum Gasteiger partial charge on any atom is -0.327 e. The quantitative estimate of drug-likeness (QED) is 0.817. The number of carbonyl (C=O) groups is 1. The first-order chi connectivity index (χ1) is 8.11. The minimum absolute atomic E-state index is 0.0314. The fourth-order valence-electron chi connectivity index (χ4n) is 1.34. The SMILES string of the molecule is CCC(N)CSCC(=O)Nc1cccc(C)c1. The van der Waals surface area contributed by atoms with Gasteiger partial charge in [-0.25, -0.2) is 0 Å². The standard InChI is InChI=1S/C13H20N2OS/c1-3-11(14)8-17-9-13(16)15-12-6-4-5-10(2)7-12/h4-7,11H,3,8-9,14H2,1-2H3,(H,15,16). The molecule has 0 saturated heterocycles. The second-order valence-electron chi connectivity index (χ2n) is 4.10. The van der Waals surface area contributed by atoms with E-state index in [1.807, 2.05) is 31.2 Å². The predicted octanol–water partition coefficient (Wildman–Crippen LogP) is 2.40. The number of carbonyl (C=O) groups excluding carboxylic acids is 1. The van der Waals surface area contributed by atoms with Crippen LogP contribution >= 0.6 is 11.8 Å². The molecule has 0 aliphatic rings. The minimum atomic E-state index is 0.0314. The zero-order valence-corrected chi connectivity index (χ0v) is 11.2. The van der Waals surface area contributed by atoms with E-state index in [0.29, 0.717) is 5.75 Å². The number of hydrogen-bond acceptors (Lipinski definition) is 3. The number of nitrogens with two attached hydrogens (primary N) is 1. The second-order valence-corrected chi connectivity index (χ2v) is 5.13. The third kappa shape index (κ3) is 5.75. The summed E-state index contributed by atoms with van der Waals surface area (Å²) in [5, 5.41) is 2.87. The van der Waals surface area contributed by atoms with Crippen molar-refractivity contribution >= 4 is 23.4 Å². The van der Waals surface area contributed by atoms with Gasteiger partial charge in [0.1, 0.15) is 0 Å². The number of anilines is 1. The van der Waals surface area contributed by atoms with Gasteiger partial charge >= 0.3 is 0 Å². The Hall–Kier alpha value is -1.00. The summed E-state index contributed by atoms with van der Waals surface area (Å²) in [5.41, 5.74) is 7.78. The highest BCUT2D eigenvalue weighted by molar-refractivity contribution is 8.00. The van der Waals surface area contributed by atoms with E-state index >= 15 is 0 Å². The van der Waals surface area contributed by atoms with Crippen molar-refractivity contribution in [1.29, 1.82) is 0 Å². The molecule has 0 saturated carbocycles. The van der Waals surface area contributed by atoms with Crippen LogP contribution in [0.2, 0.25) is 0 Å². The first-order valence-corrected chi connectivity index (χ1v) is 6.97. The molecule has 0 bridgehead atoms. The van der Waals surface area contributed by atoms with E-state index in [-0.39, 0.29) is 11.9 Å². The third-order valence-electron chi connectivity index (χ3n) is 2.39. The fraction of sp³-hybridized carbons (Fsp3) is 0.462. The predicted molar refractivity (Wildman–Crippen MR) is 75.4 cm³/mol. The highest BCUT2D eigenvalue weighted by Gasteiger charge is 2.04. The van der Waals surface area contributed by atoms with Crippen molar-refractivity contribution in [2.24, 2.45) is 5.73 Å². The monoisotopic (exact) mass is 252 g/mol. The lowest BCUT2D eigenvalue weighted by molar-refractivity contribution is -0.113. The molecule has 0 radical (unpaired) electrons. The van der Waals surface area contributed by atoms with Crippen LogP contribution in [0.15, 0.2) is 24.3 Å². The van der Waals surface area contributed by atoms with Gasteiger partial charge in [0.25, 0.3) is 0 Å². The maximum absolute atomic E-state index is 11.6. The van der Waals surface area contributed by atoms with Crippen molar-refractivity contribution in [3.63, 3.8) is 0 Å². The van der Waals surface area contributed by atoms with Crippen molar-refractivity contribution in [1.82, 2.24) is 0 Å². The highest BCUT2D eigenvalue weighted by Crippen LogP contribution is 2.11. The number of aryl methyl sites for hydroxylation is 1. The molecule has 3 nitrogen and oxygen atoms in total. The molecular weight excluding hydrogens is 232 g/mol. The van der Waals surface area contributed by atoms with Crippen molar-refractivity contribution in [2.75, 3.05) is 16.8 Å². The number of amides is 1. The lowest BCUT2D eigenvalue weighted by Crippen LogP contribution is -2.23. The largest absolute Gasteiger partial charge is 0.327 e. The average molecular weight is 252 g/mol. The van der Waals surface area contributed by atoms with E-state index in [2.05, 4.69) is 12.2 Å². The van der Waals surface area contributed by atoms with E-state index in [0.717, 1.165) is 23.4 Å². The van der Waals surface area contributed by atoms with E-state index in [9.17, 15) is 4.79 Å². The molecule has 0 heterocycles. The first kappa shape index (κ1) is 14.1. The van der Waals surface area contributed by atoms with E-state index in [4.69, 9.17) is 5.73 Å². The number of nitrogens with one attached hydrogen (secondary N) is 1. The van der Waals surface area contributed by atoms with Crippen LogP contribution in [0.3, 0.4) is 0 Å². The summed E-state index contributed by atoms with van der Waals surface area (Å²) in [6, 6.07) is 7.98. The van der Waals surface area contributed by atoms with Gasteiger partial charge in [0, 0.05) is 17.5 Å². The average Bonchev–Trinajstić information content (AvgIpc) is 2.28. The van der Waals surface area contributed by atoms with Crippen LogP contribution in [-0.4, -0.2) is 23.5 Å². The normalized spacial score (nSPS) is 12.2. The molecule has 0 aromatic heterocycles. The van der Waals surface area contributed by atoms with Gasteiger partial charge in [0.15, 0.2) is 0 Å². The van der Waals surface area contributed by atoms with Crippen LogP contribution in [0.25, 0.3) is 0 Å². The fourth-order valence-corrected chi connectivity index (χ4v) is 2.25. The van der Waals surface area contributed by atoms with E-state index in [1.54, 1.807) is 11.8 Å². The Labute approximate surface area is 107 Å². The molecule has 1 aromatic carbocycles. The summed E-state index contributed by atoms with van der Waals surface area (Å²) in [4.78, 5) is 11.6. The molecule has 17 heavy (non-hydrogen) atoms. The summed E-state index contributed by atoms with van der Waals surface area (Å²) in [6.07, 6.45) is 0.951. The number of hydrogen-bond donors (Lipinski definition) is 2. The van der Waals surface area contributed by atoms with Crippen LogP contribution in [0.5, 0.6) is 0 Å². The van der Waals surface area contributed by atoms with Gasteiger partial charge in [0.05, 0.1) is 5.75 Å². The molecule has 1 unspecified atom stereocenters. The van der Waals surface area contributed by atoms with Gasteiger partial charge in [-0.1, -0.05) is 19.1 Å².